The number of carbonyl (C=O) groups is 1. The van der Waals surface area contributed by atoms with Crippen LogP contribution in [-0.4, -0.2) is 35.6 Å². The van der Waals surface area contributed by atoms with Crippen molar-refractivity contribution in [2.24, 2.45) is 0 Å². The van der Waals surface area contributed by atoms with E-state index in [4.69, 9.17) is 21.7 Å². The van der Waals surface area contributed by atoms with Gasteiger partial charge in [-0.25, -0.2) is 0 Å². The van der Waals surface area contributed by atoms with Crippen LogP contribution in [0.1, 0.15) is 52.6 Å². The molecule has 0 aliphatic carbocycles. The summed E-state index contributed by atoms with van der Waals surface area (Å²) in [6.07, 6.45) is 0.951. The minimum Gasteiger partial charge on any atom is -0.490 e. The Hall–Kier alpha value is -2.08. The average molecular weight is 377 g/mol. The van der Waals surface area contributed by atoms with Crippen LogP contribution in [0.2, 0.25) is 0 Å². The van der Waals surface area contributed by atoms with Gasteiger partial charge in [0, 0.05) is 17.8 Å². The third kappa shape index (κ3) is 4.18. The number of carbonyl (C=O) groups excluding carboxylic acids is 1. The number of rotatable bonds is 8. The van der Waals surface area contributed by atoms with Crippen LogP contribution in [0.25, 0.3) is 0 Å². The highest BCUT2D eigenvalue weighted by Gasteiger charge is 2.32. The van der Waals surface area contributed by atoms with Gasteiger partial charge in [0.25, 0.3) is 0 Å². The van der Waals surface area contributed by atoms with Crippen molar-refractivity contribution in [2.45, 2.75) is 47.1 Å². The molecule has 5 nitrogen and oxygen atoms in total. The second-order valence-corrected chi connectivity index (χ2v) is 6.55. The van der Waals surface area contributed by atoms with E-state index in [-0.39, 0.29) is 11.8 Å². The van der Waals surface area contributed by atoms with Crippen molar-refractivity contribution in [3.63, 3.8) is 0 Å². The number of allylic oxidation sites excluding steroid dienone is 1. The lowest BCUT2D eigenvalue weighted by atomic mass is 9.92. The summed E-state index contributed by atoms with van der Waals surface area (Å²) in [5.74, 6) is 1.42. The zero-order valence-corrected chi connectivity index (χ0v) is 17.0. The Morgan fingerprint density at radius 2 is 1.85 bits per heavy atom. The fraction of sp³-hybridized carbons (Fsp3) is 0.500. The molecule has 1 aliphatic rings. The van der Waals surface area contributed by atoms with Crippen molar-refractivity contribution < 1.29 is 14.3 Å². The number of hydrogen-bond acceptors (Lipinski definition) is 4. The molecule has 142 valence electrons. The number of ether oxygens (including phenoxy) is 2. The first-order valence-corrected chi connectivity index (χ1v) is 9.54. The predicted molar refractivity (Wildman–Crippen MR) is 108 cm³/mol. The van der Waals surface area contributed by atoms with E-state index in [2.05, 4.69) is 12.2 Å². The molecular weight excluding hydrogens is 348 g/mol. The van der Waals surface area contributed by atoms with Crippen LogP contribution < -0.4 is 14.8 Å². The van der Waals surface area contributed by atoms with E-state index in [0.717, 1.165) is 29.8 Å². The molecule has 1 aromatic carbocycles. The molecule has 6 heteroatoms. The molecule has 0 bridgehead atoms. The van der Waals surface area contributed by atoms with Gasteiger partial charge in [0.15, 0.2) is 22.4 Å². The first-order valence-electron chi connectivity index (χ1n) is 9.13. The molecular formula is C20H28N2O3S. The molecule has 1 unspecified atom stereocenters. The molecule has 1 atom stereocenters. The number of benzene rings is 1. The molecule has 0 spiro atoms. The lowest BCUT2D eigenvalue weighted by Crippen LogP contribution is -2.47. The first-order chi connectivity index (χ1) is 12.4. The van der Waals surface area contributed by atoms with Crippen molar-refractivity contribution in [1.29, 1.82) is 0 Å². The Bertz CT molecular complexity index is 715. The molecule has 0 saturated heterocycles. The van der Waals surface area contributed by atoms with Crippen LogP contribution in [0, 0.1) is 0 Å². The fourth-order valence-electron chi connectivity index (χ4n) is 3.23. The maximum absolute atomic E-state index is 12.4. The molecule has 1 aliphatic heterocycles. The average Bonchev–Trinajstić information content (AvgIpc) is 2.59. The normalized spacial score (nSPS) is 17.2. The third-order valence-electron chi connectivity index (χ3n) is 4.32. The van der Waals surface area contributed by atoms with Crippen molar-refractivity contribution in [2.75, 3.05) is 19.8 Å². The second-order valence-electron chi connectivity index (χ2n) is 6.16. The highest BCUT2D eigenvalue weighted by molar-refractivity contribution is 7.80. The maximum atomic E-state index is 12.4. The molecule has 0 radical (unpaired) electrons. The van der Waals surface area contributed by atoms with Crippen LogP contribution in [0.5, 0.6) is 11.5 Å². The third-order valence-corrected chi connectivity index (χ3v) is 4.66. The van der Waals surface area contributed by atoms with E-state index in [1.54, 1.807) is 6.92 Å². The molecule has 0 amide bonds. The second kappa shape index (κ2) is 9.03. The topological polar surface area (TPSA) is 50.8 Å². The summed E-state index contributed by atoms with van der Waals surface area (Å²) in [6.45, 7) is 11.4. The molecule has 0 fully saturated rings. The van der Waals surface area contributed by atoms with E-state index < -0.39 is 0 Å². The van der Waals surface area contributed by atoms with E-state index in [9.17, 15) is 4.79 Å². The van der Waals surface area contributed by atoms with Gasteiger partial charge in [-0.2, -0.15) is 0 Å². The molecule has 1 N–H and O–H groups in total. The van der Waals surface area contributed by atoms with Gasteiger partial charge in [0.2, 0.25) is 0 Å². The van der Waals surface area contributed by atoms with Crippen LogP contribution >= 0.6 is 12.2 Å². The van der Waals surface area contributed by atoms with E-state index >= 15 is 0 Å². The van der Waals surface area contributed by atoms with Gasteiger partial charge in [0.05, 0.1) is 19.3 Å². The van der Waals surface area contributed by atoms with Crippen molar-refractivity contribution in [1.82, 2.24) is 10.2 Å². The van der Waals surface area contributed by atoms with Gasteiger partial charge in [-0.15, -0.1) is 0 Å². The maximum Gasteiger partial charge on any atom is 0.173 e. The summed E-state index contributed by atoms with van der Waals surface area (Å²) in [5, 5.41) is 3.98. The summed E-state index contributed by atoms with van der Waals surface area (Å²) < 4.78 is 11.4. The number of thiocarbonyl (C=S) groups is 1. The molecule has 1 aromatic rings. The van der Waals surface area contributed by atoms with Crippen molar-refractivity contribution >= 4 is 23.1 Å². The Labute approximate surface area is 161 Å². The van der Waals surface area contributed by atoms with E-state index in [1.807, 2.05) is 43.9 Å². The van der Waals surface area contributed by atoms with E-state index in [0.29, 0.717) is 29.8 Å². The van der Waals surface area contributed by atoms with Gasteiger partial charge in [0.1, 0.15) is 0 Å². The summed E-state index contributed by atoms with van der Waals surface area (Å²) in [5.41, 5.74) is 2.58. The van der Waals surface area contributed by atoms with E-state index in [1.165, 1.54) is 0 Å². The fourth-order valence-corrected chi connectivity index (χ4v) is 3.57. The SMILES string of the molecule is CCCN1C(=S)NC(c2ccc(OCC)c(OCC)c2)C(C(C)=O)=C1C. The number of ketones is 1. The van der Waals surface area contributed by atoms with Gasteiger partial charge in [-0.05, 0) is 64.0 Å². The lowest BCUT2D eigenvalue weighted by Gasteiger charge is -2.37. The Morgan fingerprint density at radius 3 is 2.42 bits per heavy atom. The van der Waals surface area contributed by atoms with Gasteiger partial charge < -0.3 is 19.7 Å². The quantitative estimate of drug-likeness (QED) is 0.693. The molecule has 1 heterocycles. The zero-order valence-electron chi connectivity index (χ0n) is 16.2. The summed E-state index contributed by atoms with van der Waals surface area (Å²) >= 11 is 5.55. The molecule has 2 rings (SSSR count). The number of hydrogen-bond donors (Lipinski definition) is 1. The van der Waals surface area contributed by atoms with Crippen LogP contribution in [-0.2, 0) is 4.79 Å². The predicted octanol–water partition coefficient (Wildman–Crippen LogP) is 3.99. The van der Waals surface area contributed by atoms with Crippen LogP contribution in [0.3, 0.4) is 0 Å². The monoisotopic (exact) mass is 376 g/mol. The summed E-state index contributed by atoms with van der Waals surface area (Å²) in [4.78, 5) is 14.4. The zero-order chi connectivity index (χ0) is 19.3. The largest absolute Gasteiger partial charge is 0.490 e. The minimum absolute atomic E-state index is 0.0375. The summed E-state index contributed by atoms with van der Waals surface area (Å²) in [7, 11) is 0. The highest BCUT2D eigenvalue weighted by atomic mass is 32.1. The first kappa shape index (κ1) is 20.2. The van der Waals surface area contributed by atoms with Crippen LogP contribution in [0.4, 0.5) is 0 Å². The minimum atomic E-state index is -0.289. The van der Waals surface area contributed by atoms with Crippen molar-refractivity contribution in [3.05, 3.63) is 35.0 Å². The number of nitrogens with one attached hydrogen (secondary N) is 1. The van der Waals surface area contributed by atoms with Crippen LogP contribution in [0.15, 0.2) is 29.5 Å². The summed E-state index contributed by atoms with van der Waals surface area (Å²) in [6, 6.07) is 5.49. The lowest BCUT2D eigenvalue weighted by molar-refractivity contribution is -0.114. The smallest absolute Gasteiger partial charge is 0.173 e. The number of nitrogens with zero attached hydrogens (tertiary/aromatic N) is 1. The molecule has 26 heavy (non-hydrogen) atoms. The van der Waals surface area contributed by atoms with Gasteiger partial charge in [-0.1, -0.05) is 13.0 Å². The van der Waals surface area contributed by atoms with Crippen molar-refractivity contribution in [3.8, 4) is 11.5 Å². The molecule has 0 aromatic heterocycles. The standard InChI is InChI=1S/C20H28N2O3S/c1-6-11-22-13(4)18(14(5)23)19(21-20(22)26)15-9-10-16(24-7-2)17(12-15)25-8-3/h9-10,12,19H,6-8,11H2,1-5H3,(H,21,26). The van der Waals surface area contributed by atoms with Gasteiger partial charge in [-0.3, -0.25) is 4.79 Å². The Balaban J connectivity index is 2.50. The Kier molecular flexibility index (Phi) is 7.03. The highest BCUT2D eigenvalue weighted by Crippen LogP contribution is 2.36. The Morgan fingerprint density at radius 1 is 1.19 bits per heavy atom. The van der Waals surface area contributed by atoms with Gasteiger partial charge >= 0.3 is 0 Å². The number of Topliss-reactive ketones (excluding diaryl/α,β-unsaturated/α-hetero) is 1. The molecule has 0 saturated carbocycles.